The number of hydrogen-bond donors (Lipinski definition) is 1. The molecular formula is C19H19BrClNO4. The van der Waals surface area contributed by atoms with Gasteiger partial charge >= 0.3 is 5.97 Å². The van der Waals surface area contributed by atoms with E-state index in [4.69, 9.17) is 16.3 Å². The number of benzene rings is 2. The van der Waals surface area contributed by atoms with Crippen LogP contribution in [0.1, 0.15) is 35.7 Å². The predicted octanol–water partition coefficient (Wildman–Crippen LogP) is 5.03. The third-order valence-corrected chi connectivity index (χ3v) is 4.59. The van der Waals surface area contributed by atoms with Crippen LogP contribution in [0.3, 0.4) is 0 Å². The molecule has 0 spiro atoms. The first-order valence-corrected chi connectivity index (χ1v) is 9.09. The fourth-order valence-corrected chi connectivity index (χ4v) is 2.91. The van der Waals surface area contributed by atoms with Gasteiger partial charge in [0.05, 0.1) is 22.2 Å². The summed E-state index contributed by atoms with van der Waals surface area (Å²) < 4.78 is 11.0. The molecule has 5 nitrogen and oxygen atoms in total. The Balaban J connectivity index is 2.00. The van der Waals surface area contributed by atoms with E-state index in [1.54, 1.807) is 6.07 Å². The van der Waals surface area contributed by atoms with Crippen molar-refractivity contribution >= 4 is 45.1 Å². The normalized spacial score (nSPS) is 10.5. The summed E-state index contributed by atoms with van der Waals surface area (Å²) >= 11 is 9.41. The van der Waals surface area contributed by atoms with E-state index in [0.717, 1.165) is 4.47 Å². The van der Waals surface area contributed by atoms with Crippen molar-refractivity contribution in [2.75, 3.05) is 19.0 Å². The average Bonchev–Trinajstić information content (AvgIpc) is 2.61. The number of amides is 1. The number of halogens is 2. The second kappa shape index (κ2) is 9.05. The highest BCUT2D eigenvalue weighted by atomic mass is 79.9. The lowest BCUT2D eigenvalue weighted by Crippen LogP contribution is -2.20. The number of carbonyl (C=O) groups excluding carboxylic acids is 2. The Bertz CT molecular complexity index is 823. The molecule has 138 valence electrons. The molecular weight excluding hydrogens is 422 g/mol. The van der Waals surface area contributed by atoms with Gasteiger partial charge in [-0.1, -0.05) is 31.5 Å². The Morgan fingerprint density at radius 2 is 1.92 bits per heavy atom. The van der Waals surface area contributed by atoms with Crippen LogP contribution in [0.2, 0.25) is 5.02 Å². The van der Waals surface area contributed by atoms with Gasteiger partial charge in [0.2, 0.25) is 0 Å². The molecule has 26 heavy (non-hydrogen) atoms. The molecule has 0 bridgehead atoms. The summed E-state index contributed by atoms with van der Waals surface area (Å²) in [6, 6.07) is 10.3. The summed E-state index contributed by atoms with van der Waals surface area (Å²) in [4.78, 5) is 23.8. The highest BCUT2D eigenvalue weighted by molar-refractivity contribution is 9.10. The van der Waals surface area contributed by atoms with E-state index >= 15 is 0 Å². The van der Waals surface area contributed by atoms with Gasteiger partial charge in [0.15, 0.2) is 6.61 Å². The van der Waals surface area contributed by atoms with Crippen LogP contribution in [0, 0.1) is 0 Å². The van der Waals surface area contributed by atoms with Gasteiger partial charge < -0.3 is 14.8 Å². The standard InChI is InChI=1S/C19H19BrClNO4/c1-11(2)12-4-7-17(15(20)8-12)26-10-18(23)22-13-5-6-16(21)14(9-13)19(24)25-3/h4-9,11H,10H2,1-3H3,(H,22,23). The maximum absolute atomic E-state index is 12.1. The molecule has 1 N–H and O–H groups in total. The van der Waals surface area contributed by atoms with Gasteiger partial charge in [-0.15, -0.1) is 0 Å². The lowest BCUT2D eigenvalue weighted by molar-refractivity contribution is -0.118. The van der Waals surface area contributed by atoms with Crippen molar-refractivity contribution in [2.45, 2.75) is 19.8 Å². The molecule has 0 heterocycles. The van der Waals surface area contributed by atoms with E-state index in [1.807, 2.05) is 18.2 Å². The topological polar surface area (TPSA) is 64.6 Å². The van der Waals surface area contributed by atoms with Gasteiger partial charge in [-0.2, -0.15) is 0 Å². The third kappa shape index (κ3) is 5.22. The maximum Gasteiger partial charge on any atom is 0.339 e. The summed E-state index contributed by atoms with van der Waals surface area (Å²) in [7, 11) is 1.26. The van der Waals surface area contributed by atoms with Crippen molar-refractivity contribution in [3.8, 4) is 5.75 Å². The van der Waals surface area contributed by atoms with Crippen molar-refractivity contribution in [1.82, 2.24) is 0 Å². The smallest absolute Gasteiger partial charge is 0.339 e. The molecule has 0 atom stereocenters. The van der Waals surface area contributed by atoms with Crippen molar-refractivity contribution in [1.29, 1.82) is 0 Å². The number of hydrogen-bond acceptors (Lipinski definition) is 4. The van der Waals surface area contributed by atoms with Crippen LogP contribution in [-0.2, 0) is 9.53 Å². The number of methoxy groups -OCH3 is 1. The Labute approximate surface area is 165 Å². The molecule has 0 aliphatic heterocycles. The monoisotopic (exact) mass is 439 g/mol. The second-order valence-electron chi connectivity index (χ2n) is 5.87. The van der Waals surface area contributed by atoms with E-state index < -0.39 is 5.97 Å². The lowest BCUT2D eigenvalue weighted by Gasteiger charge is -2.12. The molecule has 1 amide bonds. The first-order chi connectivity index (χ1) is 12.3. The lowest BCUT2D eigenvalue weighted by atomic mass is 10.0. The zero-order valence-electron chi connectivity index (χ0n) is 14.6. The van der Waals surface area contributed by atoms with Gasteiger partial charge in [0.25, 0.3) is 5.91 Å². The molecule has 0 aliphatic rings. The number of esters is 1. The zero-order valence-corrected chi connectivity index (χ0v) is 17.0. The summed E-state index contributed by atoms with van der Waals surface area (Å²) in [5.41, 5.74) is 1.78. The first-order valence-electron chi connectivity index (χ1n) is 7.91. The summed E-state index contributed by atoms with van der Waals surface area (Å²) in [5, 5.41) is 2.91. The SMILES string of the molecule is COC(=O)c1cc(NC(=O)COc2ccc(C(C)C)cc2Br)ccc1Cl. The fourth-order valence-electron chi connectivity index (χ4n) is 2.20. The molecule has 2 aromatic rings. The van der Waals surface area contributed by atoms with Gasteiger partial charge in [0, 0.05) is 5.69 Å². The van der Waals surface area contributed by atoms with Crippen LogP contribution in [0.4, 0.5) is 5.69 Å². The largest absolute Gasteiger partial charge is 0.483 e. The Hall–Kier alpha value is -2.05. The van der Waals surface area contributed by atoms with Crippen LogP contribution < -0.4 is 10.1 Å². The highest BCUT2D eigenvalue weighted by Gasteiger charge is 2.13. The molecule has 2 aromatic carbocycles. The number of anilines is 1. The number of rotatable bonds is 6. The van der Waals surface area contributed by atoms with Crippen LogP contribution in [0.15, 0.2) is 40.9 Å². The fraction of sp³-hybridized carbons (Fsp3) is 0.263. The maximum atomic E-state index is 12.1. The van der Waals surface area contributed by atoms with Crippen molar-refractivity contribution in [3.05, 3.63) is 57.0 Å². The van der Waals surface area contributed by atoms with Gasteiger partial charge in [-0.3, -0.25) is 4.79 Å². The van der Waals surface area contributed by atoms with Gasteiger partial charge in [0.1, 0.15) is 5.75 Å². The Morgan fingerprint density at radius 3 is 2.54 bits per heavy atom. The molecule has 0 unspecified atom stereocenters. The van der Waals surface area contributed by atoms with Gasteiger partial charge in [-0.05, 0) is 57.7 Å². The molecule has 0 aliphatic carbocycles. The average molecular weight is 441 g/mol. The van der Waals surface area contributed by atoms with Crippen molar-refractivity contribution in [3.63, 3.8) is 0 Å². The molecule has 0 aromatic heterocycles. The summed E-state index contributed by atoms with van der Waals surface area (Å²) in [6.45, 7) is 4.03. The second-order valence-corrected chi connectivity index (χ2v) is 7.13. The Morgan fingerprint density at radius 1 is 1.19 bits per heavy atom. The van der Waals surface area contributed by atoms with E-state index in [1.165, 1.54) is 24.8 Å². The van der Waals surface area contributed by atoms with E-state index in [0.29, 0.717) is 17.4 Å². The minimum atomic E-state index is -0.573. The van der Waals surface area contributed by atoms with Crippen LogP contribution in [0.5, 0.6) is 5.75 Å². The first kappa shape index (κ1) is 20.3. The zero-order chi connectivity index (χ0) is 19.3. The summed E-state index contributed by atoms with van der Waals surface area (Å²) in [6.07, 6.45) is 0. The molecule has 0 saturated carbocycles. The molecule has 2 rings (SSSR count). The number of nitrogens with one attached hydrogen (secondary N) is 1. The summed E-state index contributed by atoms with van der Waals surface area (Å²) in [5.74, 6) is 0.0490. The van der Waals surface area contributed by atoms with E-state index in [9.17, 15) is 9.59 Å². The van der Waals surface area contributed by atoms with E-state index in [-0.39, 0.29) is 23.1 Å². The number of ether oxygens (including phenoxy) is 2. The molecule has 0 fully saturated rings. The van der Waals surface area contributed by atoms with Gasteiger partial charge in [-0.25, -0.2) is 4.79 Å². The minimum absolute atomic E-state index is 0.171. The van der Waals surface area contributed by atoms with Crippen LogP contribution in [0.25, 0.3) is 0 Å². The number of carbonyl (C=O) groups is 2. The van der Waals surface area contributed by atoms with E-state index in [2.05, 4.69) is 39.8 Å². The molecule has 0 radical (unpaired) electrons. The van der Waals surface area contributed by atoms with Crippen LogP contribution >= 0.6 is 27.5 Å². The third-order valence-electron chi connectivity index (χ3n) is 3.64. The van der Waals surface area contributed by atoms with Crippen molar-refractivity contribution in [2.24, 2.45) is 0 Å². The highest BCUT2D eigenvalue weighted by Crippen LogP contribution is 2.29. The molecule has 0 saturated heterocycles. The van der Waals surface area contributed by atoms with Crippen LogP contribution in [-0.4, -0.2) is 25.6 Å². The quantitative estimate of drug-likeness (QED) is 0.640. The molecule has 7 heteroatoms. The Kier molecular flexibility index (Phi) is 7.06. The predicted molar refractivity (Wildman–Crippen MR) is 105 cm³/mol. The minimum Gasteiger partial charge on any atom is -0.483 e. The van der Waals surface area contributed by atoms with Crippen molar-refractivity contribution < 1.29 is 19.1 Å².